The summed E-state index contributed by atoms with van der Waals surface area (Å²) in [7, 11) is -3.65. The van der Waals surface area contributed by atoms with Gasteiger partial charge in [0.1, 0.15) is 11.4 Å². The lowest BCUT2D eigenvalue weighted by Gasteiger charge is -2.26. The highest BCUT2D eigenvalue weighted by Crippen LogP contribution is 2.31. The fourth-order valence-electron chi connectivity index (χ4n) is 3.09. The van der Waals surface area contributed by atoms with E-state index in [2.05, 4.69) is 10.3 Å². The number of aromatic nitrogens is 1. The molecule has 2 aromatic rings. The minimum absolute atomic E-state index is 0.116. The number of ether oxygens (including phenoxy) is 1. The predicted octanol–water partition coefficient (Wildman–Crippen LogP) is 3.95. The summed E-state index contributed by atoms with van der Waals surface area (Å²) in [4.78, 5) is 16.7. The molecule has 0 bridgehead atoms. The molecule has 7 nitrogen and oxygen atoms in total. The molecule has 1 fully saturated rings. The van der Waals surface area contributed by atoms with Crippen molar-refractivity contribution >= 4 is 33.2 Å². The van der Waals surface area contributed by atoms with Crippen LogP contribution in [-0.2, 0) is 10.0 Å². The van der Waals surface area contributed by atoms with E-state index in [9.17, 15) is 13.2 Å². The Labute approximate surface area is 176 Å². The van der Waals surface area contributed by atoms with E-state index in [1.807, 2.05) is 13.8 Å². The standard InChI is InChI=1S/C20H24ClN3O4S/c1-14(2)28-19-7-6-16(29(26,27)24-10-4-3-5-11-24)13-17(19)23-20(25)18-12-15(21)8-9-22-18/h6-9,12-14H,3-5,10-11H2,1-2H3,(H,23,25). The molecule has 0 aliphatic carbocycles. The molecule has 3 rings (SSSR count). The van der Waals surface area contributed by atoms with Crippen LogP contribution >= 0.6 is 11.6 Å². The maximum absolute atomic E-state index is 13.0. The molecule has 0 spiro atoms. The normalized spacial score (nSPS) is 15.3. The van der Waals surface area contributed by atoms with Gasteiger partial charge in [-0.25, -0.2) is 8.42 Å². The van der Waals surface area contributed by atoms with Crippen LogP contribution in [0.4, 0.5) is 5.69 Å². The molecule has 1 aliphatic rings. The first-order valence-corrected chi connectivity index (χ1v) is 11.3. The average molecular weight is 438 g/mol. The Kier molecular flexibility index (Phi) is 6.77. The number of pyridine rings is 1. The molecular weight excluding hydrogens is 414 g/mol. The summed E-state index contributed by atoms with van der Waals surface area (Å²) in [6, 6.07) is 7.52. The summed E-state index contributed by atoms with van der Waals surface area (Å²) in [5.41, 5.74) is 0.390. The number of sulfonamides is 1. The van der Waals surface area contributed by atoms with Gasteiger partial charge in [0.25, 0.3) is 5.91 Å². The van der Waals surface area contributed by atoms with E-state index in [1.165, 1.54) is 28.7 Å². The van der Waals surface area contributed by atoms with Gasteiger partial charge in [-0.15, -0.1) is 0 Å². The summed E-state index contributed by atoms with van der Waals surface area (Å²) >= 11 is 5.93. The monoisotopic (exact) mass is 437 g/mol. The number of nitrogens with one attached hydrogen (secondary N) is 1. The van der Waals surface area contributed by atoms with Gasteiger partial charge in [0.15, 0.2) is 0 Å². The van der Waals surface area contributed by atoms with Gasteiger partial charge in [0.05, 0.1) is 16.7 Å². The van der Waals surface area contributed by atoms with Crippen LogP contribution in [0.15, 0.2) is 41.4 Å². The molecule has 1 aromatic carbocycles. The predicted molar refractivity (Wildman–Crippen MR) is 112 cm³/mol. The van der Waals surface area contributed by atoms with E-state index in [0.29, 0.717) is 23.9 Å². The van der Waals surface area contributed by atoms with Crippen molar-refractivity contribution in [2.75, 3.05) is 18.4 Å². The number of piperidine rings is 1. The van der Waals surface area contributed by atoms with Gasteiger partial charge in [0, 0.05) is 24.3 Å². The molecule has 1 amide bonds. The number of hydrogen-bond donors (Lipinski definition) is 1. The van der Waals surface area contributed by atoms with E-state index < -0.39 is 15.9 Å². The average Bonchev–Trinajstić information content (AvgIpc) is 2.69. The molecule has 156 valence electrons. The van der Waals surface area contributed by atoms with Crippen LogP contribution < -0.4 is 10.1 Å². The Hall–Kier alpha value is -2.16. The largest absolute Gasteiger partial charge is 0.489 e. The number of carbonyl (C=O) groups excluding carboxylic acids is 1. The minimum Gasteiger partial charge on any atom is -0.489 e. The highest BCUT2D eigenvalue weighted by Gasteiger charge is 2.27. The van der Waals surface area contributed by atoms with Gasteiger partial charge in [0.2, 0.25) is 10.0 Å². The fraction of sp³-hybridized carbons (Fsp3) is 0.400. The minimum atomic E-state index is -3.65. The van der Waals surface area contributed by atoms with Crippen molar-refractivity contribution in [1.82, 2.24) is 9.29 Å². The number of nitrogens with zero attached hydrogens (tertiary/aromatic N) is 2. The lowest BCUT2D eigenvalue weighted by molar-refractivity contribution is 0.102. The number of carbonyl (C=O) groups is 1. The molecule has 0 radical (unpaired) electrons. The van der Waals surface area contributed by atoms with Crippen LogP contribution in [0.2, 0.25) is 5.02 Å². The summed E-state index contributed by atoms with van der Waals surface area (Å²) in [5.74, 6) is -0.124. The van der Waals surface area contributed by atoms with Crippen molar-refractivity contribution in [2.45, 2.75) is 44.1 Å². The Morgan fingerprint density at radius 3 is 2.55 bits per heavy atom. The highest BCUT2D eigenvalue weighted by molar-refractivity contribution is 7.89. The SMILES string of the molecule is CC(C)Oc1ccc(S(=O)(=O)N2CCCCC2)cc1NC(=O)c1cc(Cl)ccn1. The third-order valence-electron chi connectivity index (χ3n) is 4.47. The molecule has 0 saturated carbocycles. The van der Waals surface area contributed by atoms with Gasteiger partial charge in [-0.3, -0.25) is 9.78 Å². The Balaban J connectivity index is 1.94. The van der Waals surface area contributed by atoms with E-state index in [4.69, 9.17) is 16.3 Å². The van der Waals surface area contributed by atoms with Crippen molar-refractivity contribution < 1.29 is 17.9 Å². The lowest BCUT2D eigenvalue weighted by Crippen LogP contribution is -2.35. The van der Waals surface area contributed by atoms with Crippen molar-refractivity contribution in [1.29, 1.82) is 0 Å². The number of rotatable bonds is 6. The van der Waals surface area contributed by atoms with E-state index in [1.54, 1.807) is 12.1 Å². The maximum atomic E-state index is 13.0. The Morgan fingerprint density at radius 2 is 1.90 bits per heavy atom. The van der Waals surface area contributed by atoms with Crippen LogP contribution in [0.5, 0.6) is 5.75 Å². The molecule has 0 atom stereocenters. The molecule has 29 heavy (non-hydrogen) atoms. The van der Waals surface area contributed by atoms with Crippen LogP contribution in [0.25, 0.3) is 0 Å². The van der Waals surface area contributed by atoms with Gasteiger partial charge in [-0.1, -0.05) is 18.0 Å². The second kappa shape index (κ2) is 9.11. The van der Waals surface area contributed by atoms with Crippen LogP contribution in [0, 0.1) is 0 Å². The summed E-state index contributed by atoms with van der Waals surface area (Å²) < 4.78 is 33.3. The second-order valence-corrected chi connectivity index (χ2v) is 9.48. The zero-order valence-electron chi connectivity index (χ0n) is 16.4. The van der Waals surface area contributed by atoms with E-state index in [0.717, 1.165) is 19.3 Å². The molecule has 1 aromatic heterocycles. The van der Waals surface area contributed by atoms with E-state index in [-0.39, 0.29) is 22.4 Å². The van der Waals surface area contributed by atoms with Gasteiger partial charge < -0.3 is 10.1 Å². The topological polar surface area (TPSA) is 88.6 Å². The smallest absolute Gasteiger partial charge is 0.274 e. The van der Waals surface area contributed by atoms with Crippen molar-refractivity contribution in [3.63, 3.8) is 0 Å². The second-order valence-electron chi connectivity index (χ2n) is 7.10. The molecule has 0 unspecified atom stereocenters. The van der Waals surface area contributed by atoms with Crippen LogP contribution in [-0.4, -0.2) is 42.8 Å². The summed E-state index contributed by atoms with van der Waals surface area (Å²) in [5, 5.41) is 3.09. The maximum Gasteiger partial charge on any atom is 0.274 e. The first-order valence-electron chi connectivity index (χ1n) is 9.51. The van der Waals surface area contributed by atoms with Crippen molar-refractivity contribution in [3.8, 4) is 5.75 Å². The van der Waals surface area contributed by atoms with Gasteiger partial charge in [-0.05, 0) is 57.0 Å². The summed E-state index contributed by atoms with van der Waals surface area (Å²) in [6.45, 7) is 4.70. The number of benzene rings is 1. The van der Waals surface area contributed by atoms with Crippen molar-refractivity contribution in [2.24, 2.45) is 0 Å². The zero-order valence-corrected chi connectivity index (χ0v) is 18.0. The van der Waals surface area contributed by atoms with E-state index >= 15 is 0 Å². The van der Waals surface area contributed by atoms with Crippen molar-refractivity contribution in [3.05, 3.63) is 47.2 Å². The van der Waals surface area contributed by atoms with Crippen LogP contribution in [0.3, 0.4) is 0 Å². The Morgan fingerprint density at radius 1 is 1.17 bits per heavy atom. The lowest BCUT2D eigenvalue weighted by atomic mass is 10.2. The number of halogens is 1. The molecule has 1 saturated heterocycles. The fourth-order valence-corrected chi connectivity index (χ4v) is 4.80. The molecule has 1 N–H and O–H groups in total. The third-order valence-corrected chi connectivity index (χ3v) is 6.60. The van der Waals surface area contributed by atoms with Gasteiger partial charge >= 0.3 is 0 Å². The van der Waals surface area contributed by atoms with Gasteiger partial charge in [-0.2, -0.15) is 4.31 Å². The first-order chi connectivity index (χ1) is 13.8. The molecule has 9 heteroatoms. The van der Waals surface area contributed by atoms with Crippen LogP contribution in [0.1, 0.15) is 43.6 Å². The third kappa shape index (κ3) is 5.26. The zero-order chi connectivity index (χ0) is 21.0. The first kappa shape index (κ1) is 21.5. The molecule has 1 aliphatic heterocycles. The number of anilines is 1. The quantitative estimate of drug-likeness (QED) is 0.739. The highest BCUT2D eigenvalue weighted by atomic mass is 35.5. The Bertz CT molecular complexity index is 989. The molecular formula is C20H24ClN3O4S. The number of hydrogen-bond acceptors (Lipinski definition) is 5. The molecule has 2 heterocycles. The summed E-state index contributed by atoms with van der Waals surface area (Å²) in [6.07, 6.45) is 4.00. The number of amides is 1.